The van der Waals surface area contributed by atoms with Crippen LogP contribution in [0.25, 0.3) is 10.9 Å². The molecule has 0 saturated heterocycles. The molecule has 0 radical (unpaired) electrons. The van der Waals surface area contributed by atoms with Gasteiger partial charge in [0.25, 0.3) is 0 Å². The molecular weight excluding hydrogens is 297 g/mol. The Hall–Kier alpha value is -2.70. The molecule has 1 atom stereocenters. The van der Waals surface area contributed by atoms with E-state index in [0.29, 0.717) is 11.6 Å². The third-order valence-corrected chi connectivity index (χ3v) is 3.80. The van der Waals surface area contributed by atoms with Crippen molar-refractivity contribution in [1.82, 2.24) is 25.5 Å². The van der Waals surface area contributed by atoms with Crippen LogP contribution in [-0.4, -0.2) is 26.1 Å². The van der Waals surface area contributed by atoms with Crippen molar-refractivity contribution in [2.45, 2.75) is 33.2 Å². The lowest BCUT2D eigenvalue weighted by molar-refractivity contribution is -0.121. The van der Waals surface area contributed by atoms with Gasteiger partial charge in [-0.2, -0.15) is 5.10 Å². The molecule has 1 aromatic carbocycles. The highest BCUT2D eigenvalue weighted by atomic mass is 19.1. The average Bonchev–Trinajstić information content (AvgIpc) is 3.04. The molecule has 0 spiro atoms. The number of nitrogens with zero attached hydrogens (tertiary/aromatic N) is 2. The number of aromatic amines is 2. The minimum absolute atomic E-state index is 0.159. The van der Waals surface area contributed by atoms with Gasteiger partial charge in [0.2, 0.25) is 5.91 Å². The normalized spacial score (nSPS) is 12.5. The SMILES string of the molecule is Cc1nc([C@@H](C)NC(=O)Cc2c(C)[nH]c3ccc(F)cc23)n[nH]1. The summed E-state index contributed by atoms with van der Waals surface area (Å²) in [6.07, 6.45) is 0.170. The Morgan fingerprint density at radius 2 is 2.17 bits per heavy atom. The van der Waals surface area contributed by atoms with Gasteiger partial charge in [0.15, 0.2) is 5.82 Å². The minimum atomic E-state index is -0.317. The van der Waals surface area contributed by atoms with Crippen molar-refractivity contribution in [2.75, 3.05) is 0 Å². The maximum atomic E-state index is 13.5. The third kappa shape index (κ3) is 3.08. The summed E-state index contributed by atoms with van der Waals surface area (Å²) >= 11 is 0. The summed E-state index contributed by atoms with van der Waals surface area (Å²) in [7, 11) is 0. The number of fused-ring (bicyclic) bond motifs is 1. The fraction of sp³-hybridized carbons (Fsp3) is 0.312. The van der Waals surface area contributed by atoms with E-state index in [2.05, 4.69) is 25.5 Å². The van der Waals surface area contributed by atoms with E-state index in [1.165, 1.54) is 12.1 Å². The molecule has 0 aliphatic heterocycles. The predicted molar refractivity (Wildman–Crippen MR) is 84.4 cm³/mol. The second-order valence-corrected chi connectivity index (χ2v) is 5.66. The van der Waals surface area contributed by atoms with E-state index in [0.717, 1.165) is 22.2 Å². The number of carbonyl (C=O) groups excluding carboxylic acids is 1. The smallest absolute Gasteiger partial charge is 0.225 e. The number of H-pyrrole nitrogens is 2. The van der Waals surface area contributed by atoms with E-state index < -0.39 is 0 Å². The second kappa shape index (κ2) is 5.83. The van der Waals surface area contributed by atoms with Crippen molar-refractivity contribution in [3.8, 4) is 0 Å². The van der Waals surface area contributed by atoms with E-state index >= 15 is 0 Å². The number of aryl methyl sites for hydroxylation is 2. The summed E-state index contributed by atoms with van der Waals surface area (Å²) in [5.41, 5.74) is 2.49. The summed E-state index contributed by atoms with van der Waals surface area (Å²) in [5.74, 6) is 0.762. The van der Waals surface area contributed by atoms with Gasteiger partial charge in [-0.3, -0.25) is 9.89 Å². The molecular formula is C16H18FN5O. The molecule has 2 aromatic heterocycles. The van der Waals surface area contributed by atoms with Gasteiger partial charge in [0, 0.05) is 16.6 Å². The summed E-state index contributed by atoms with van der Waals surface area (Å²) in [5, 5.41) is 10.4. The van der Waals surface area contributed by atoms with E-state index in [1.54, 1.807) is 13.0 Å². The second-order valence-electron chi connectivity index (χ2n) is 5.66. The van der Waals surface area contributed by atoms with Gasteiger partial charge < -0.3 is 10.3 Å². The molecule has 0 unspecified atom stereocenters. The summed E-state index contributed by atoms with van der Waals surface area (Å²) in [6.45, 7) is 5.50. The van der Waals surface area contributed by atoms with Gasteiger partial charge in [0.05, 0.1) is 12.5 Å². The standard InChI is InChI=1S/C16H18FN5O/c1-8-12(13-6-11(17)4-5-14(13)18-8)7-15(23)19-9(2)16-20-10(3)21-22-16/h4-6,9,18H,7H2,1-3H3,(H,19,23)(H,20,21,22)/t9-/m1/s1. The van der Waals surface area contributed by atoms with Crippen LogP contribution in [0.15, 0.2) is 18.2 Å². The Bertz CT molecular complexity index is 867. The summed E-state index contributed by atoms with van der Waals surface area (Å²) < 4.78 is 13.5. The van der Waals surface area contributed by atoms with Crippen LogP contribution >= 0.6 is 0 Å². The quantitative estimate of drug-likeness (QED) is 0.691. The van der Waals surface area contributed by atoms with Crippen molar-refractivity contribution in [2.24, 2.45) is 0 Å². The van der Waals surface area contributed by atoms with Crippen LogP contribution in [0.2, 0.25) is 0 Å². The lowest BCUT2D eigenvalue weighted by Crippen LogP contribution is -2.29. The molecule has 3 aromatic rings. The number of nitrogens with one attached hydrogen (secondary N) is 3. The third-order valence-electron chi connectivity index (χ3n) is 3.80. The topological polar surface area (TPSA) is 86.5 Å². The van der Waals surface area contributed by atoms with Gasteiger partial charge in [-0.15, -0.1) is 0 Å². The van der Waals surface area contributed by atoms with Gasteiger partial charge in [0.1, 0.15) is 11.6 Å². The Morgan fingerprint density at radius 3 is 2.87 bits per heavy atom. The molecule has 120 valence electrons. The van der Waals surface area contributed by atoms with Crippen LogP contribution in [-0.2, 0) is 11.2 Å². The van der Waals surface area contributed by atoms with E-state index in [4.69, 9.17) is 0 Å². The number of aromatic nitrogens is 4. The molecule has 23 heavy (non-hydrogen) atoms. The first kappa shape index (κ1) is 15.2. The Morgan fingerprint density at radius 1 is 1.39 bits per heavy atom. The predicted octanol–water partition coefficient (Wildman–Crippen LogP) is 2.46. The van der Waals surface area contributed by atoms with Crippen LogP contribution in [0.5, 0.6) is 0 Å². The van der Waals surface area contributed by atoms with Crippen LogP contribution in [0.3, 0.4) is 0 Å². The zero-order valence-corrected chi connectivity index (χ0v) is 13.2. The molecule has 0 saturated carbocycles. The zero-order chi connectivity index (χ0) is 16.6. The Labute approximate surface area is 132 Å². The van der Waals surface area contributed by atoms with Crippen molar-refractivity contribution in [3.63, 3.8) is 0 Å². The fourth-order valence-electron chi connectivity index (χ4n) is 2.65. The Kier molecular flexibility index (Phi) is 3.85. The van der Waals surface area contributed by atoms with Gasteiger partial charge >= 0.3 is 0 Å². The van der Waals surface area contributed by atoms with E-state index in [9.17, 15) is 9.18 Å². The number of carbonyl (C=O) groups is 1. The average molecular weight is 315 g/mol. The van der Waals surface area contributed by atoms with Crippen LogP contribution in [0.1, 0.15) is 35.9 Å². The van der Waals surface area contributed by atoms with Crippen molar-refractivity contribution >= 4 is 16.8 Å². The molecule has 6 nitrogen and oxygen atoms in total. The first-order chi connectivity index (χ1) is 10.9. The monoisotopic (exact) mass is 315 g/mol. The van der Waals surface area contributed by atoms with E-state index in [1.807, 2.05) is 13.8 Å². The Balaban J connectivity index is 1.77. The highest BCUT2D eigenvalue weighted by molar-refractivity contribution is 5.90. The highest BCUT2D eigenvalue weighted by Gasteiger charge is 2.17. The maximum Gasteiger partial charge on any atom is 0.225 e. The molecule has 3 N–H and O–H groups in total. The lowest BCUT2D eigenvalue weighted by Gasteiger charge is -2.10. The van der Waals surface area contributed by atoms with Crippen LogP contribution < -0.4 is 5.32 Å². The number of rotatable bonds is 4. The molecule has 2 heterocycles. The first-order valence-corrected chi connectivity index (χ1v) is 7.39. The molecule has 1 amide bonds. The summed E-state index contributed by atoms with van der Waals surface area (Å²) in [6, 6.07) is 4.23. The number of halogens is 1. The van der Waals surface area contributed by atoms with Crippen molar-refractivity contribution in [3.05, 3.63) is 46.9 Å². The number of benzene rings is 1. The molecule has 0 bridgehead atoms. The van der Waals surface area contributed by atoms with Gasteiger partial charge in [-0.05, 0) is 44.5 Å². The fourth-order valence-corrected chi connectivity index (χ4v) is 2.65. The summed E-state index contributed by atoms with van der Waals surface area (Å²) in [4.78, 5) is 19.7. The number of amides is 1. The molecule has 0 aliphatic carbocycles. The molecule has 0 aliphatic rings. The molecule has 7 heteroatoms. The van der Waals surface area contributed by atoms with Crippen LogP contribution in [0, 0.1) is 19.7 Å². The maximum absolute atomic E-state index is 13.5. The highest BCUT2D eigenvalue weighted by Crippen LogP contribution is 2.23. The minimum Gasteiger partial charge on any atom is -0.358 e. The molecule has 3 rings (SSSR count). The van der Waals surface area contributed by atoms with Crippen molar-refractivity contribution in [1.29, 1.82) is 0 Å². The zero-order valence-electron chi connectivity index (χ0n) is 13.2. The number of hydrogen-bond donors (Lipinski definition) is 3. The number of hydrogen-bond acceptors (Lipinski definition) is 3. The molecule has 0 fully saturated rings. The van der Waals surface area contributed by atoms with Crippen molar-refractivity contribution < 1.29 is 9.18 Å². The largest absolute Gasteiger partial charge is 0.358 e. The van der Waals surface area contributed by atoms with Gasteiger partial charge in [-0.25, -0.2) is 9.37 Å². The van der Waals surface area contributed by atoms with Gasteiger partial charge in [-0.1, -0.05) is 0 Å². The van der Waals surface area contributed by atoms with Crippen LogP contribution in [0.4, 0.5) is 4.39 Å². The van der Waals surface area contributed by atoms with E-state index in [-0.39, 0.29) is 24.2 Å². The lowest BCUT2D eigenvalue weighted by atomic mass is 10.1. The first-order valence-electron chi connectivity index (χ1n) is 7.39.